The van der Waals surface area contributed by atoms with Crippen LogP contribution in [0, 0.1) is 11.8 Å². The number of rotatable bonds is 5. The minimum atomic E-state index is 0.260. The molecule has 0 atom stereocenters. The highest BCUT2D eigenvalue weighted by Crippen LogP contribution is 2.29. The van der Waals surface area contributed by atoms with E-state index in [1.54, 1.807) is 6.20 Å². The number of piperazine rings is 1. The number of ether oxygens (including phenoxy) is 1. The van der Waals surface area contributed by atoms with Crippen LogP contribution in [0.3, 0.4) is 0 Å². The number of pyridine rings is 1. The van der Waals surface area contributed by atoms with Crippen molar-refractivity contribution in [3.05, 3.63) is 24.0 Å². The van der Waals surface area contributed by atoms with E-state index in [1.807, 2.05) is 17.0 Å². The number of anilines is 1. The van der Waals surface area contributed by atoms with Crippen molar-refractivity contribution in [3.8, 4) is 11.5 Å². The zero-order valence-electron chi connectivity index (χ0n) is 15.9. The van der Waals surface area contributed by atoms with Crippen LogP contribution >= 0.6 is 0 Å². The van der Waals surface area contributed by atoms with Crippen molar-refractivity contribution in [2.75, 3.05) is 44.3 Å². The molecule has 8 nitrogen and oxygen atoms in total. The summed E-state index contributed by atoms with van der Waals surface area (Å²) in [5, 5.41) is 4.16. The molecule has 2 aromatic rings. The quantitative estimate of drug-likeness (QED) is 0.778. The van der Waals surface area contributed by atoms with Crippen LogP contribution in [-0.2, 0) is 16.0 Å². The molecule has 8 heteroatoms. The predicted molar refractivity (Wildman–Crippen MR) is 102 cm³/mol. The second-order valence-electron chi connectivity index (χ2n) is 7.98. The van der Waals surface area contributed by atoms with Gasteiger partial charge in [-0.2, -0.15) is 4.98 Å². The molecule has 1 saturated carbocycles. The third-order valence-corrected chi connectivity index (χ3v) is 6.01. The first-order valence-electron chi connectivity index (χ1n) is 10.2. The van der Waals surface area contributed by atoms with Gasteiger partial charge in [0.15, 0.2) is 0 Å². The Morgan fingerprint density at radius 1 is 1.18 bits per heavy atom. The standard InChI is InChI=1S/C20H25N5O3/c26-19(15-2-1-3-15)24-6-8-25(9-7-24)20-22-18(28-23-20)16-4-5-21-17(11-16)10-14-12-27-13-14/h4-5,11,14-15H,1-3,6-10,12-13H2. The second-order valence-corrected chi connectivity index (χ2v) is 7.98. The first-order valence-corrected chi connectivity index (χ1v) is 10.2. The Morgan fingerprint density at radius 3 is 2.68 bits per heavy atom. The maximum atomic E-state index is 12.4. The molecule has 148 valence electrons. The van der Waals surface area contributed by atoms with E-state index in [-0.39, 0.29) is 5.92 Å². The summed E-state index contributed by atoms with van der Waals surface area (Å²) in [6.45, 7) is 4.54. The molecule has 0 bridgehead atoms. The number of hydrogen-bond acceptors (Lipinski definition) is 7. The maximum absolute atomic E-state index is 12.4. The van der Waals surface area contributed by atoms with Crippen LogP contribution in [0.2, 0.25) is 0 Å². The second kappa shape index (κ2) is 7.50. The summed E-state index contributed by atoms with van der Waals surface area (Å²) >= 11 is 0. The Kier molecular flexibility index (Phi) is 4.72. The molecule has 2 aliphatic heterocycles. The molecule has 1 amide bonds. The van der Waals surface area contributed by atoms with E-state index < -0.39 is 0 Å². The summed E-state index contributed by atoms with van der Waals surface area (Å²) in [7, 11) is 0. The van der Waals surface area contributed by atoms with Crippen LogP contribution < -0.4 is 4.90 Å². The zero-order chi connectivity index (χ0) is 18.9. The van der Waals surface area contributed by atoms with Gasteiger partial charge in [-0.15, -0.1) is 0 Å². The summed E-state index contributed by atoms with van der Waals surface area (Å²) in [6.07, 6.45) is 5.99. The highest BCUT2D eigenvalue weighted by molar-refractivity contribution is 5.79. The molecular formula is C20H25N5O3. The van der Waals surface area contributed by atoms with Crippen molar-refractivity contribution in [3.63, 3.8) is 0 Å². The van der Waals surface area contributed by atoms with Crippen molar-refractivity contribution in [2.24, 2.45) is 11.8 Å². The summed E-state index contributed by atoms with van der Waals surface area (Å²) < 4.78 is 10.7. The molecule has 2 saturated heterocycles. The molecule has 28 heavy (non-hydrogen) atoms. The van der Waals surface area contributed by atoms with E-state index in [1.165, 1.54) is 6.42 Å². The topological polar surface area (TPSA) is 84.6 Å². The maximum Gasteiger partial charge on any atom is 0.266 e. The first kappa shape index (κ1) is 17.6. The Morgan fingerprint density at radius 2 is 2.00 bits per heavy atom. The van der Waals surface area contributed by atoms with Crippen LogP contribution in [0.5, 0.6) is 0 Å². The number of carbonyl (C=O) groups is 1. The van der Waals surface area contributed by atoms with Gasteiger partial charge in [-0.05, 0) is 36.6 Å². The lowest BCUT2D eigenvalue weighted by Crippen LogP contribution is -2.51. The molecule has 0 radical (unpaired) electrons. The monoisotopic (exact) mass is 383 g/mol. The molecular weight excluding hydrogens is 358 g/mol. The highest BCUT2D eigenvalue weighted by atomic mass is 16.5. The van der Waals surface area contributed by atoms with Gasteiger partial charge in [-0.1, -0.05) is 6.42 Å². The number of carbonyl (C=O) groups excluding carboxylic acids is 1. The fourth-order valence-corrected chi connectivity index (χ4v) is 3.92. The lowest BCUT2D eigenvalue weighted by Gasteiger charge is -2.37. The van der Waals surface area contributed by atoms with Gasteiger partial charge >= 0.3 is 0 Å². The first-order chi connectivity index (χ1) is 13.8. The van der Waals surface area contributed by atoms with Crippen molar-refractivity contribution >= 4 is 11.9 Å². The molecule has 0 unspecified atom stereocenters. The Labute approximate surface area is 163 Å². The average molecular weight is 383 g/mol. The zero-order valence-corrected chi connectivity index (χ0v) is 15.9. The van der Waals surface area contributed by atoms with Gasteiger partial charge in [0, 0.05) is 55.5 Å². The third-order valence-electron chi connectivity index (χ3n) is 6.01. The van der Waals surface area contributed by atoms with Gasteiger partial charge in [-0.3, -0.25) is 9.78 Å². The van der Waals surface area contributed by atoms with Crippen LogP contribution in [0.15, 0.2) is 22.9 Å². The molecule has 5 rings (SSSR count). The van der Waals surface area contributed by atoms with E-state index in [4.69, 9.17) is 9.26 Å². The number of aromatic nitrogens is 3. The van der Waals surface area contributed by atoms with Gasteiger partial charge in [0.2, 0.25) is 5.91 Å². The van der Waals surface area contributed by atoms with Gasteiger partial charge in [0.1, 0.15) is 0 Å². The Balaban J connectivity index is 1.22. The van der Waals surface area contributed by atoms with E-state index in [2.05, 4.69) is 20.0 Å². The predicted octanol–water partition coefficient (Wildman–Crippen LogP) is 1.77. The van der Waals surface area contributed by atoms with Gasteiger partial charge < -0.3 is 19.1 Å². The smallest absolute Gasteiger partial charge is 0.266 e. The SMILES string of the molecule is O=C(C1CCC1)N1CCN(c2noc(-c3ccnc(CC4COC4)c3)n2)CC1. The van der Waals surface area contributed by atoms with E-state index in [9.17, 15) is 4.79 Å². The molecule has 3 aliphatic rings. The van der Waals surface area contributed by atoms with Crippen molar-refractivity contribution < 1.29 is 14.1 Å². The average Bonchev–Trinajstić information content (AvgIpc) is 3.14. The minimum Gasteiger partial charge on any atom is -0.381 e. The molecule has 0 N–H and O–H groups in total. The number of amides is 1. The molecule has 4 heterocycles. The van der Waals surface area contributed by atoms with Crippen LogP contribution in [0.25, 0.3) is 11.5 Å². The lowest BCUT2D eigenvalue weighted by molar-refractivity contribution is -0.138. The molecule has 0 aromatic carbocycles. The van der Waals surface area contributed by atoms with E-state index in [0.717, 1.165) is 69.9 Å². The fraction of sp³-hybridized carbons (Fsp3) is 0.600. The third kappa shape index (κ3) is 3.48. The van der Waals surface area contributed by atoms with Crippen LogP contribution in [0.4, 0.5) is 5.95 Å². The molecule has 1 aliphatic carbocycles. The normalized spacial score (nSPS) is 20.7. The van der Waals surface area contributed by atoms with E-state index >= 15 is 0 Å². The van der Waals surface area contributed by atoms with Crippen LogP contribution in [-0.4, -0.2) is 65.3 Å². The van der Waals surface area contributed by atoms with Crippen molar-refractivity contribution in [1.29, 1.82) is 0 Å². The fourth-order valence-electron chi connectivity index (χ4n) is 3.92. The van der Waals surface area contributed by atoms with Crippen molar-refractivity contribution in [2.45, 2.75) is 25.7 Å². The Bertz CT molecular complexity index is 838. The van der Waals surface area contributed by atoms with Gasteiger partial charge in [0.25, 0.3) is 11.8 Å². The molecule has 0 spiro atoms. The summed E-state index contributed by atoms with van der Waals surface area (Å²) in [5.74, 6) is 2.24. The summed E-state index contributed by atoms with van der Waals surface area (Å²) in [6, 6.07) is 3.91. The highest BCUT2D eigenvalue weighted by Gasteiger charge is 2.32. The Hall–Kier alpha value is -2.48. The minimum absolute atomic E-state index is 0.260. The number of nitrogens with zero attached hydrogens (tertiary/aromatic N) is 5. The van der Waals surface area contributed by atoms with Gasteiger partial charge in [0.05, 0.1) is 13.2 Å². The van der Waals surface area contributed by atoms with Gasteiger partial charge in [-0.25, -0.2) is 0 Å². The van der Waals surface area contributed by atoms with E-state index in [0.29, 0.717) is 23.7 Å². The summed E-state index contributed by atoms with van der Waals surface area (Å²) in [5.41, 5.74) is 1.91. The largest absolute Gasteiger partial charge is 0.381 e. The van der Waals surface area contributed by atoms with Crippen molar-refractivity contribution in [1.82, 2.24) is 20.0 Å². The number of hydrogen-bond donors (Lipinski definition) is 0. The molecule has 3 fully saturated rings. The molecule has 2 aromatic heterocycles. The summed E-state index contributed by atoms with van der Waals surface area (Å²) in [4.78, 5) is 25.5. The van der Waals surface area contributed by atoms with Crippen LogP contribution in [0.1, 0.15) is 25.0 Å². The lowest BCUT2D eigenvalue weighted by atomic mass is 9.84.